The molecular weight excluding hydrogens is 270 g/mol. The van der Waals surface area contributed by atoms with Gasteiger partial charge in [-0.1, -0.05) is 29.4 Å². The molecule has 0 radical (unpaired) electrons. The maximum absolute atomic E-state index is 8.47. The summed E-state index contributed by atoms with van der Waals surface area (Å²) in [5, 5.41) is 6.45. The van der Waals surface area contributed by atoms with Crippen molar-refractivity contribution in [3.05, 3.63) is 64.5 Å². The molecule has 0 saturated heterocycles. The highest BCUT2D eigenvalue weighted by Gasteiger charge is 2.07. The van der Waals surface area contributed by atoms with E-state index >= 15 is 0 Å². The SMILES string of the molecule is [N-]=[N+]=Nc1cccc(-c2nc(-c3ccccn3)cs2)c1. The highest BCUT2D eigenvalue weighted by molar-refractivity contribution is 7.13. The van der Waals surface area contributed by atoms with Crippen molar-refractivity contribution in [2.24, 2.45) is 5.11 Å². The standard InChI is InChI=1S/C14H9N5S/c15-19-18-11-5-3-4-10(8-11)14-17-13(9-20-14)12-6-1-2-7-16-12/h1-9H. The molecule has 0 atom stereocenters. The first kappa shape index (κ1) is 12.3. The second-order valence-corrected chi connectivity index (χ2v) is 4.85. The number of benzene rings is 1. The van der Waals surface area contributed by atoms with Gasteiger partial charge in [0.1, 0.15) is 10.7 Å². The van der Waals surface area contributed by atoms with E-state index in [1.807, 2.05) is 41.8 Å². The van der Waals surface area contributed by atoms with Crippen molar-refractivity contribution in [2.75, 3.05) is 0 Å². The van der Waals surface area contributed by atoms with E-state index < -0.39 is 0 Å². The van der Waals surface area contributed by atoms with Crippen LogP contribution in [0.2, 0.25) is 0 Å². The molecule has 3 rings (SSSR count). The molecule has 6 heteroatoms. The van der Waals surface area contributed by atoms with Crippen molar-refractivity contribution in [3.63, 3.8) is 0 Å². The minimum Gasteiger partial charge on any atom is -0.255 e. The van der Waals surface area contributed by atoms with Crippen molar-refractivity contribution in [1.82, 2.24) is 9.97 Å². The van der Waals surface area contributed by atoms with Crippen LogP contribution in [0, 0.1) is 0 Å². The molecule has 0 saturated carbocycles. The fraction of sp³-hybridized carbons (Fsp3) is 0. The van der Waals surface area contributed by atoms with Crippen LogP contribution in [-0.4, -0.2) is 9.97 Å². The molecule has 0 aliphatic heterocycles. The average molecular weight is 279 g/mol. The Morgan fingerprint density at radius 1 is 1.10 bits per heavy atom. The van der Waals surface area contributed by atoms with Gasteiger partial charge in [0.05, 0.1) is 5.69 Å². The lowest BCUT2D eigenvalue weighted by molar-refractivity contribution is 1.28. The molecule has 1 aromatic carbocycles. The zero-order valence-corrected chi connectivity index (χ0v) is 11.2. The van der Waals surface area contributed by atoms with Crippen LogP contribution in [0.25, 0.3) is 32.4 Å². The van der Waals surface area contributed by atoms with Gasteiger partial charge in [-0.2, -0.15) is 0 Å². The number of azide groups is 1. The van der Waals surface area contributed by atoms with Crippen molar-refractivity contribution < 1.29 is 0 Å². The number of hydrogen-bond acceptors (Lipinski definition) is 4. The summed E-state index contributed by atoms with van der Waals surface area (Å²) in [4.78, 5) is 11.6. The summed E-state index contributed by atoms with van der Waals surface area (Å²) in [6.07, 6.45) is 1.75. The summed E-state index contributed by atoms with van der Waals surface area (Å²) < 4.78 is 0. The first-order valence-electron chi connectivity index (χ1n) is 5.89. The molecule has 0 spiro atoms. The predicted molar refractivity (Wildman–Crippen MR) is 79.6 cm³/mol. The van der Waals surface area contributed by atoms with Crippen LogP contribution in [-0.2, 0) is 0 Å². The van der Waals surface area contributed by atoms with Gasteiger partial charge in [0.2, 0.25) is 0 Å². The van der Waals surface area contributed by atoms with E-state index in [0.29, 0.717) is 5.69 Å². The third-order valence-electron chi connectivity index (χ3n) is 2.68. The van der Waals surface area contributed by atoms with Crippen molar-refractivity contribution >= 4 is 17.0 Å². The number of nitrogens with zero attached hydrogens (tertiary/aromatic N) is 5. The topological polar surface area (TPSA) is 74.5 Å². The molecule has 0 aliphatic rings. The summed E-state index contributed by atoms with van der Waals surface area (Å²) in [7, 11) is 0. The molecule has 0 bridgehead atoms. The molecule has 0 unspecified atom stereocenters. The van der Waals surface area contributed by atoms with Gasteiger partial charge in [-0.25, -0.2) is 4.98 Å². The molecule has 3 aromatic rings. The fourth-order valence-electron chi connectivity index (χ4n) is 1.79. The van der Waals surface area contributed by atoms with Crippen LogP contribution >= 0.6 is 11.3 Å². The maximum atomic E-state index is 8.47. The molecule has 96 valence electrons. The third kappa shape index (κ3) is 2.51. The fourth-order valence-corrected chi connectivity index (χ4v) is 2.60. The van der Waals surface area contributed by atoms with Crippen LogP contribution in [0.4, 0.5) is 5.69 Å². The van der Waals surface area contributed by atoms with Crippen molar-refractivity contribution in [3.8, 4) is 22.0 Å². The van der Waals surface area contributed by atoms with Crippen LogP contribution in [0.1, 0.15) is 0 Å². The lowest BCUT2D eigenvalue weighted by atomic mass is 10.2. The van der Waals surface area contributed by atoms with E-state index in [0.717, 1.165) is 22.0 Å². The summed E-state index contributed by atoms with van der Waals surface area (Å²) in [6.45, 7) is 0. The Kier molecular flexibility index (Phi) is 3.41. The number of thiazole rings is 1. The van der Waals surface area contributed by atoms with Crippen molar-refractivity contribution in [1.29, 1.82) is 0 Å². The normalized spacial score (nSPS) is 10.0. The van der Waals surface area contributed by atoms with E-state index in [2.05, 4.69) is 20.0 Å². The quantitative estimate of drug-likeness (QED) is 0.392. The van der Waals surface area contributed by atoms with Gasteiger partial charge in [-0.05, 0) is 23.7 Å². The first-order valence-corrected chi connectivity index (χ1v) is 6.77. The van der Waals surface area contributed by atoms with Crippen LogP contribution in [0.3, 0.4) is 0 Å². The molecule has 20 heavy (non-hydrogen) atoms. The van der Waals surface area contributed by atoms with Gasteiger partial charge in [-0.3, -0.25) is 4.98 Å². The zero-order chi connectivity index (χ0) is 13.8. The van der Waals surface area contributed by atoms with Crippen LogP contribution in [0.15, 0.2) is 59.2 Å². The molecular formula is C14H9N5S. The average Bonchev–Trinajstić information content (AvgIpc) is 2.99. The molecule has 5 nitrogen and oxygen atoms in total. The summed E-state index contributed by atoms with van der Waals surface area (Å²) in [5.74, 6) is 0. The molecule has 2 aromatic heterocycles. The van der Waals surface area contributed by atoms with Gasteiger partial charge in [0, 0.05) is 27.7 Å². The number of hydrogen-bond donors (Lipinski definition) is 0. The van der Waals surface area contributed by atoms with Crippen LogP contribution in [0.5, 0.6) is 0 Å². The first-order chi connectivity index (χ1) is 9.86. The van der Waals surface area contributed by atoms with E-state index in [4.69, 9.17) is 5.53 Å². The number of rotatable bonds is 3. The van der Waals surface area contributed by atoms with E-state index in [1.165, 1.54) is 11.3 Å². The lowest BCUT2D eigenvalue weighted by Crippen LogP contribution is -1.82. The number of aromatic nitrogens is 2. The van der Waals surface area contributed by atoms with E-state index in [9.17, 15) is 0 Å². The smallest absolute Gasteiger partial charge is 0.124 e. The van der Waals surface area contributed by atoms with E-state index in [1.54, 1.807) is 12.3 Å². The Hall–Kier alpha value is -2.69. The second-order valence-electron chi connectivity index (χ2n) is 3.99. The predicted octanol–water partition coefficient (Wildman–Crippen LogP) is 4.81. The van der Waals surface area contributed by atoms with Gasteiger partial charge < -0.3 is 0 Å². The maximum Gasteiger partial charge on any atom is 0.124 e. The van der Waals surface area contributed by atoms with E-state index in [-0.39, 0.29) is 0 Å². The minimum atomic E-state index is 0.583. The lowest BCUT2D eigenvalue weighted by Gasteiger charge is -1.97. The Morgan fingerprint density at radius 2 is 2.05 bits per heavy atom. The van der Waals surface area contributed by atoms with Gasteiger partial charge >= 0.3 is 0 Å². The Bertz CT molecular complexity index is 775. The van der Waals surface area contributed by atoms with Gasteiger partial charge in [-0.15, -0.1) is 11.3 Å². The van der Waals surface area contributed by atoms with Gasteiger partial charge in [0.15, 0.2) is 0 Å². The summed E-state index contributed by atoms with van der Waals surface area (Å²) >= 11 is 1.54. The van der Waals surface area contributed by atoms with Crippen LogP contribution < -0.4 is 0 Å². The third-order valence-corrected chi connectivity index (χ3v) is 3.58. The molecule has 0 N–H and O–H groups in total. The monoisotopic (exact) mass is 279 g/mol. The van der Waals surface area contributed by atoms with Gasteiger partial charge in [0.25, 0.3) is 0 Å². The summed E-state index contributed by atoms with van der Waals surface area (Å²) in [6, 6.07) is 13.1. The Morgan fingerprint density at radius 3 is 2.85 bits per heavy atom. The number of pyridine rings is 1. The summed E-state index contributed by atoms with van der Waals surface area (Å²) in [5.41, 5.74) is 11.7. The second kappa shape index (κ2) is 5.52. The molecule has 2 heterocycles. The van der Waals surface area contributed by atoms with Crippen molar-refractivity contribution in [2.45, 2.75) is 0 Å². The molecule has 0 aliphatic carbocycles. The highest BCUT2D eigenvalue weighted by Crippen LogP contribution is 2.30. The Balaban J connectivity index is 1.98. The molecule has 0 fully saturated rings. The minimum absolute atomic E-state index is 0.583. The zero-order valence-electron chi connectivity index (χ0n) is 10.3. The molecule has 0 amide bonds. The Labute approximate surface area is 119 Å². The largest absolute Gasteiger partial charge is 0.255 e. The highest BCUT2D eigenvalue weighted by atomic mass is 32.1.